The molecule has 0 fully saturated rings. The Balaban J connectivity index is 2.21. The van der Waals surface area contributed by atoms with E-state index in [0.29, 0.717) is 0 Å². The summed E-state index contributed by atoms with van der Waals surface area (Å²) < 4.78 is 0. The van der Waals surface area contributed by atoms with Crippen LogP contribution in [0.4, 0.5) is 0 Å². The van der Waals surface area contributed by atoms with E-state index in [1.54, 1.807) is 24.3 Å². The van der Waals surface area contributed by atoms with Crippen molar-refractivity contribution in [3.63, 3.8) is 0 Å². The van der Waals surface area contributed by atoms with Gasteiger partial charge in [-0.3, -0.25) is 14.6 Å². The molecule has 2 aromatic rings. The van der Waals surface area contributed by atoms with Gasteiger partial charge in [0, 0.05) is 6.07 Å². The number of amides is 1. The number of rotatable bonds is 4. The van der Waals surface area contributed by atoms with E-state index >= 15 is 0 Å². The summed E-state index contributed by atoms with van der Waals surface area (Å²) in [5.74, 6) is -0.642. The fraction of sp³-hybridized carbons (Fsp3) is 0.154. The SMILES string of the molecule is O=C(N[C@H](CO)c1ccccc1)c1cc(=O)[nH]c(=O)[nH]1. The van der Waals surface area contributed by atoms with E-state index in [2.05, 4.69) is 10.3 Å². The molecule has 1 aromatic carbocycles. The minimum Gasteiger partial charge on any atom is -0.394 e. The highest BCUT2D eigenvalue weighted by molar-refractivity contribution is 5.92. The molecule has 7 heteroatoms. The average molecular weight is 275 g/mol. The monoisotopic (exact) mass is 275 g/mol. The van der Waals surface area contributed by atoms with Crippen molar-refractivity contribution in [3.05, 3.63) is 68.5 Å². The smallest absolute Gasteiger partial charge is 0.326 e. The predicted octanol–water partition coefficient (Wildman–Crippen LogP) is -0.473. The van der Waals surface area contributed by atoms with Crippen molar-refractivity contribution in [3.8, 4) is 0 Å². The van der Waals surface area contributed by atoms with Crippen LogP contribution in [-0.4, -0.2) is 27.6 Å². The number of aliphatic hydroxyl groups excluding tert-OH is 1. The van der Waals surface area contributed by atoms with Crippen molar-refractivity contribution < 1.29 is 9.90 Å². The first-order chi connectivity index (χ1) is 9.60. The normalized spacial score (nSPS) is 11.8. The zero-order chi connectivity index (χ0) is 14.5. The van der Waals surface area contributed by atoms with Crippen LogP contribution < -0.4 is 16.6 Å². The molecule has 20 heavy (non-hydrogen) atoms. The van der Waals surface area contributed by atoms with Crippen LogP contribution in [-0.2, 0) is 0 Å². The third kappa shape index (κ3) is 3.21. The lowest BCUT2D eigenvalue weighted by molar-refractivity contribution is 0.0910. The molecule has 0 saturated heterocycles. The highest BCUT2D eigenvalue weighted by Crippen LogP contribution is 2.11. The molecule has 0 unspecified atom stereocenters. The summed E-state index contributed by atoms with van der Waals surface area (Å²) in [6.45, 7) is -0.302. The van der Waals surface area contributed by atoms with E-state index in [9.17, 15) is 19.5 Å². The Morgan fingerprint density at radius 2 is 1.90 bits per heavy atom. The molecule has 0 aliphatic carbocycles. The quantitative estimate of drug-likeness (QED) is 0.603. The van der Waals surface area contributed by atoms with Gasteiger partial charge in [-0.25, -0.2) is 4.79 Å². The maximum absolute atomic E-state index is 11.9. The van der Waals surface area contributed by atoms with Gasteiger partial charge in [0.2, 0.25) is 0 Å². The summed E-state index contributed by atoms with van der Waals surface area (Å²) >= 11 is 0. The number of aliphatic hydroxyl groups is 1. The molecule has 2 rings (SSSR count). The first kappa shape index (κ1) is 13.8. The third-order valence-electron chi connectivity index (χ3n) is 2.69. The average Bonchev–Trinajstić information content (AvgIpc) is 2.44. The first-order valence-corrected chi connectivity index (χ1v) is 5.90. The maximum atomic E-state index is 11.9. The molecule has 1 aromatic heterocycles. The molecule has 7 nitrogen and oxygen atoms in total. The van der Waals surface area contributed by atoms with Gasteiger partial charge in [0.25, 0.3) is 11.5 Å². The summed E-state index contributed by atoms with van der Waals surface area (Å²) in [6.07, 6.45) is 0. The molecule has 0 spiro atoms. The number of benzene rings is 1. The summed E-state index contributed by atoms with van der Waals surface area (Å²) in [4.78, 5) is 38.4. The molecular weight excluding hydrogens is 262 g/mol. The van der Waals surface area contributed by atoms with Crippen molar-refractivity contribution in [1.29, 1.82) is 0 Å². The Hall–Kier alpha value is -2.67. The molecule has 0 aliphatic heterocycles. The zero-order valence-electron chi connectivity index (χ0n) is 10.4. The van der Waals surface area contributed by atoms with Gasteiger partial charge in [0.1, 0.15) is 5.69 Å². The molecule has 104 valence electrons. The van der Waals surface area contributed by atoms with E-state index < -0.39 is 23.2 Å². The number of hydrogen-bond acceptors (Lipinski definition) is 4. The molecule has 0 bridgehead atoms. The van der Waals surface area contributed by atoms with Gasteiger partial charge < -0.3 is 15.4 Å². The van der Waals surface area contributed by atoms with E-state index in [1.807, 2.05) is 11.1 Å². The maximum Gasteiger partial charge on any atom is 0.326 e. The van der Waals surface area contributed by atoms with E-state index in [0.717, 1.165) is 11.6 Å². The number of carbonyl (C=O) groups excluding carboxylic acids is 1. The number of H-pyrrole nitrogens is 2. The van der Waals surface area contributed by atoms with Gasteiger partial charge in [-0.05, 0) is 5.56 Å². The number of carbonyl (C=O) groups is 1. The lowest BCUT2D eigenvalue weighted by atomic mass is 10.1. The van der Waals surface area contributed by atoms with Crippen LogP contribution in [0.25, 0.3) is 0 Å². The Morgan fingerprint density at radius 3 is 2.50 bits per heavy atom. The number of aromatic amines is 2. The van der Waals surface area contributed by atoms with Crippen molar-refractivity contribution in [2.24, 2.45) is 0 Å². The van der Waals surface area contributed by atoms with Gasteiger partial charge in [0.15, 0.2) is 0 Å². The largest absolute Gasteiger partial charge is 0.394 e. The number of hydrogen-bond donors (Lipinski definition) is 4. The summed E-state index contributed by atoms with van der Waals surface area (Å²) in [7, 11) is 0. The number of nitrogens with one attached hydrogen (secondary N) is 3. The molecule has 0 radical (unpaired) electrons. The van der Waals surface area contributed by atoms with Crippen LogP contribution in [0.2, 0.25) is 0 Å². The highest BCUT2D eigenvalue weighted by atomic mass is 16.3. The Bertz CT molecular complexity index is 677. The second-order valence-corrected chi connectivity index (χ2v) is 4.12. The lowest BCUT2D eigenvalue weighted by Crippen LogP contribution is -2.34. The Labute approximate surface area is 113 Å². The van der Waals surface area contributed by atoms with E-state index in [-0.39, 0.29) is 12.3 Å². The van der Waals surface area contributed by atoms with Crippen LogP contribution in [0.15, 0.2) is 46.0 Å². The fourth-order valence-electron chi connectivity index (χ4n) is 1.75. The van der Waals surface area contributed by atoms with Crippen LogP contribution in [0.5, 0.6) is 0 Å². The molecule has 1 heterocycles. The van der Waals surface area contributed by atoms with Crippen molar-refractivity contribution in [1.82, 2.24) is 15.3 Å². The Kier molecular flexibility index (Phi) is 4.11. The van der Waals surface area contributed by atoms with E-state index in [1.165, 1.54) is 0 Å². The number of aromatic nitrogens is 2. The van der Waals surface area contributed by atoms with Crippen LogP contribution in [0.3, 0.4) is 0 Å². The van der Waals surface area contributed by atoms with Gasteiger partial charge >= 0.3 is 5.69 Å². The van der Waals surface area contributed by atoms with Crippen LogP contribution >= 0.6 is 0 Å². The van der Waals surface area contributed by atoms with Crippen LogP contribution in [0, 0.1) is 0 Å². The lowest BCUT2D eigenvalue weighted by Gasteiger charge is -2.16. The van der Waals surface area contributed by atoms with Crippen molar-refractivity contribution in [2.75, 3.05) is 6.61 Å². The molecule has 0 saturated carbocycles. The second kappa shape index (κ2) is 5.98. The molecular formula is C13H13N3O4. The van der Waals surface area contributed by atoms with E-state index in [4.69, 9.17) is 0 Å². The molecule has 1 amide bonds. The molecule has 4 N–H and O–H groups in total. The highest BCUT2D eigenvalue weighted by Gasteiger charge is 2.15. The van der Waals surface area contributed by atoms with Crippen molar-refractivity contribution in [2.45, 2.75) is 6.04 Å². The fourth-order valence-corrected chi connectivity index (χ4v) is 1.75. The summed E-state index contributed by atoms with van der Waals surface area (Å²) in [5, 5.41) is 11.9. The van der Waals surface area contributed by atoms with Gasteiger partial charge in [-0.15, -0.1) is 0 Å². The topological polar surface area (TPSA) is 115 Å². The van der Waals surface area contributed by atoms with Crippen molar-refractivity contribution >= 4 is 5.91 Å². The second-order valence-electron chi connectivity index (χ2n) is 4.12. The van der Waals surface area contributed by atoms with Gasteiger partial charge in [0.05, 0.1) is 12.6 Å². The third-order valence-corrected chi connectivity index (χ3v) is 2.69. The summed E-state index contributed by atoms with van der Waals surface area (Å²) in [5.41, 5.74) is -0.870. The Morgan fingerprint density at radius 1 is 1.20 bits per heavy atom. The van der Waals surface area contributed by atoms with Gasteiger partial charge in [-0.1, -0.05) is 30.3 Å². The standard InChI is InChI=1S/C13H13N3O4/c17-7-10(8-4-2-1-3-5-8)14-12(19)9-6-11(18)16-13(20)15-9/h1-6,10,17H,7H2,(H,14,19)(H2,15,16,18,20)/t10-/m1/s1. The molecule has 1 atom stereocenters. The minimum absolute atomic E-state index is 0.159. The van der Waals surface area contributed by atoms with Crippen LogP contribution in [0.1, 0.15) is 22.1 Å². The predicted molar refractivity (Wildman–Crippen MR) is 71.4 cm³/mol. The zero-order valence-corrected chi connectivity index (χ0v) is 10.4. The minimum atomic E-state index is -0.761. The summed E-state index contributed by atoms with van der Waals surface area (Å²) in [6, 6.07) is 9.23. The molecule has 0 aliphatic rings. The first-order valence-electron chi connectivity index (χ1n) is 5.90. The van der Waals surface area contributed by atoms with Gasteiger partial charge in [-0.2, -0.15) is 0 Å².